The summed E-state index contributed by atoms with van der Waals surface area (Å²) in [6.45, 7) is 7.75. The molecule has 0 aliphatic carbocycles. The van der Waals surface area contributed by atoms with Crippen molar-refractivity contribution in [2.24, 2.45) is 0 Å². The van der Waals surface area contributed by atoms with Gasteiger partial charge in [0.15, 0.2) is 0 Å². The molecular weight excluding hydrogens is 500 g/mol. The molecule has 6 heteroatoms. The fourth-order valence-electron chi connectivity index (χ4n) is 6.09. The highest BCUT2D eigenvalue weighted by Gasteiger charge is 2.36. The maximum absolute atomic E-state index is 12.7. The number of piperidine rings is 2. The minimum Gasteiger partial charge on any atom is -0.423 e. The van der Waals surface area contributed by atoms with E-state index in [0.29, 0.717) is 43.3 Å². The summed E-state index contributed by atoms with van der Waals surface area (Å²) in [6, 6.07) is 25.1. The van der Waals surface area contributed by atoms with Gasteiger partial charge in [0.2, 0.25) is 0 Å². The van der Waals surface area contributed by atoms with E-state index in [9.17, 15) is 15.0 Å². The average Bonchev–Trinajstić information content (AvgIpc) is 2.99. The fraction of sp³-hybridized carbons (Fsp3) is 0.441. The molecule has 2 aliphatic heterocycles. The van der Waals surface area contributed by atoms with Crippen molar-refractivity contribution in [3.8, 4) is 5.75 Å². The SMILES string of the molecule is CC1CCCCN1Cc1ccc(C(=O)Oc2ccc(C(O)[C@H](C)N3CCC(O)(c4ccccc4)CC3)cc2)cc1. The van der Waals surface area contributed by atoms with Crippen LogP contribution < -0.4 is 4.74 Å². The number of benzene rings is 3. The molecule has 2 aliphatic rings. The standard InChI is InChI=1S/C34H42N2O4/c1-25-8-6-7-21-36(25)24-27-11-13-29(14-12-27)33(38)40-31-17-15-28(16-18-31)32(37)26(2)35-22-19-34(39,20-23-35)30-9-4-3-5-10-30/h3-5,9-18,25-26,32,37,39H,6-8,19-24H2,1-2H3/t25?,26-,32?/m0/s1. The number of hydrogen-bond acceptors (Lipinski definition) is 6. The smallest absolute Gasteiger partial charge is 0.343 e. The average molecular weight is 543 g/mol. The first-order valence-corrected chi connectivity index (χ1v) is 14.7. The summed E-state index contributed by atoms with van der Waals surface area (Å²) in [6.07, 6.45) is 4.36. The summed E-state index contributed by atoms with van der Waals surface area (Å²) in [7, 11) is 0. The second-order valence-corrected chi connectivity index (χ2v) is 11.6. The minimum absolute atomic E-state index is 0.111. The van der Waals surface area contributed by atoms with E-state index in [1.807, 2.05) is 73.7 Å². The molecule has 2 saturated heterocycles. The molecule has 0 amide bonds. The van der Waals surface area contributed by atoms with E-state index in [-0.39, 0.29) is 6.04 Å². The number of likely N-dealkylation sites (tertiary alicyclic amines) is 2. The molecule has 212 valence electrons. The van der Waals surface area contributed by atoms with Crippen LogP contribution in [0.2, 0.25) is 0 Å². The third-order valence-electron chi connectivity index (χ3n) is 8.92. The first-order chi connectivity index (χ1) is 19.3. The lowest BCUT2D eigenvalue weighted by atomic mass is 9.83. The Bertz CT molecular complexity index is 1240. The van der Waals surface area contributed by atoms with Gasteiger partial charge in [-0.1, -0.05) is 61.0 Å². The molecule has 2 fully saturated rings. The number of aliphatic hydroxyl groups excluding tert-OH is 1. The molecule has 40 heavy (non-hydrogen) atoms. The van der Waals surface area contributed by atoms with E-state index >= 15 is 0 Å². The van der Waals surface area contributed by atoms with Crippen LogP contribution >= 0.6 is 0 Å². The van der Waals surface area contributed by atoms with Crippen molar-refractivity contribution in [3.05, 3.63) is 101 Å². The monoisotopic (exact) mass is 542 g/mol. The summed E-state index contributed by atoms with van der Waals surface area (Å²) < 4.78 is 5.61. The van der Waals surface area contributed by atoms with Gasteiger partial charge in [0.1, 0.15) is 5.75 Å². The van der Waals surface area contributed by atoms with Crippen molar-refractivity contribution in [2.45, 2.75) is 76.3 Å². The third-order valence-corrected chi connectivity index (χ3v) is 8.92. The van der Waals surface area contributed by atoms with Crippen LogP contribution in [0.5, 0.6) is 5.75 Å². The number of hydrogen-bond donors (Lipinski definition) is 2. The van der Waals surface area contributed by atoms with Crippen molar-refractivity contribution in [2.75, 3.05) is 19.6 Å². The zero-order chi connectivity index (χ0) is 28.1. The lowest BCUT2D eigenvalue weighted by Crippen LogP contribution is -2.47. The quantitative estimate of drug-likeness (QED) is 0.282. The molecule has 2 unspecified atom stereocenters. The number of ether oxygens (including phenoxy) is 1. The molecule has 0 spiro atoms. The largest absolute Gasteiger partial charge is 0.423 e. The van der Waals surface area contributed by atoms with Gasteiger partial charge in [-0.15, -0.1) is 0 Å². The van der Waals surface area contributed by atoms with Gasteiger partial charge in [-0.3, -0.25) is 9.80 Å². The van der Waals surface area contributed by atoms with Crippen molar-refractivity contribution >= 4 is 5.97 Å². The van der Waals surface area contributed by atoms with Crippen molar-refractivity contribution in [1.82, 2.24) is 9.80 Å². The number of nitrogens with zero attached hydrogens (tertiary/aromatic N) is 2. The Labute approximate surface area is 238 Å². The van der Waals surface area contributed by atoms with Crippen LogP contribution in [0.3, 0.4) is 0 Å². The van der Waals surface area contributed by atoms with Crippen LogP contribution in [0.25, 0.3) is 0 Å². The van der Waals surface area contributed by atoms with Gasteiger partial charge in [0.25, 0.3) is 0 Å². The van der Waals surface area contributed by atoms with E-state index in [4.69, 9.17) is 4.74 Å². The summed E-state index contributed by atoms with van der Waals surface area (Å²) in [5, 5.41) is 22.2. The maximum Gasteiger partial charge on any atom is 0.343 e. The molecule has 2 heterocycles. The Morgan fingerprint density at radius 2 is 1.62 bits per heavy atom. The zero-order valence-corrected chi connectivity index (χ0v) is 23.7. The predicted molar refractivity (Wildman–Crippen MR) is 157 cm³/mol. The highest BCUT2D eigenvalue weighted by atomic mass is 16.5. The van der Waals surface area contributed by atoms with Gasteiger partial charge in [0, 0.05) is 31.7 Å². The molecule has 6 nitrogen and oxygen atoms in total. The molecule has 2 N–H and O–H groups in total. The highest BCUT2D eigenvalue weighted by molar-refractivity contribution is 5.91. The molecule has 3 aromatic carbocycles. The highest BCUT2D eigenvalue weighted by Crippen LogP contribution is 2.35. The lowest BCUT2D eigenvalue weighted by Gasteiger charge is -2.42. The van der Waals surface area contributed by atoms with Gasteiger partial charge in [-0.05, 0) is 87.0 Å². The molecule has 3 atom stereocenters. The van der Waals surface area contributed by atoms with Crippen LogP contribution in [-0.2, 0) is 12.1 Å². The summed E-state index contributed by atoms with van der Waals surface area (Å²) >= 11 is 0. The Hall–Kier alpha value is -3.03. The van der Waals surface area contributed by atoms with Crippen LogP contribution in [0.15, 0.2) is 78.9 Å². The van der Waals surface area contributed by atoms with Crippen molar-refractivity contribution in [3.63, 3.8) is 0 Å². The second-order valence-electron chi connectivity index (χ2n) is 11.6. The van der Waals surface area contributed by atoms with Gasteiger partial charge in [0.05, 0.1) is 17.3 Å². The van der Waals surface area contributed by atoms with E-state index in [1.165, 1.54) is 24.8 Å². The zero-order valence-electron chi connectivity index (χ0n) is 23.7. The number of aliphatic hydroxyl groups is 2. The summed E-state index contributed by atoms with van der Waals surface area (Å²) in [4.78, 5) is 17.5. The van der Waals surface area contributed by atoms with Crippen LogP contribution in [0, 0.1) is 0 Å². The number of esters is 1. The van der Waals surface area contributed by atoms with Gasteiger partial charge < -0.3 is 14.9 Å². The van der Waals surface area contributed by atoms with Crippen LogP contribution in [-0.4, -0.2) is 57.7 Å². The number of carbonyl (C=O) groups is 1. The van der Waals surface area contributed by atoms with Crippen LogP contribution in [0.1, 0.15) is 79.1 Å². The lowest BCUT2D eigenvalue weighted by molar-refractivity contribution is -0.0501. The summed E-state index contributed by atoms with van der Waals surface area (Å²) in [5.41, 5.74) is 2.63. The maximum atomic E-state index is 12.7. The Kier molecular flexibility index (Phi) is 9.01. The fourth-order valence-corrected chi connectivity index (χ4v) is 6.09. The van der Waals surface area contributed by atoms with Crippen molar-refractivity contribution in [1.29, 1.82) is 0 Å². The van der Waals surface area contributed by atoms with E-state index in [2.05, 4.69) is 16.7 Å². The normalized spacial score (nSPS) is 21.4. The van der Waals surface area contributed by atoms with Gasteiger partial charge in [-0.2, -0.15) is 0 Å². The van der Waals surface area contributed by atoms with Gasteiger partial charge in [-0.25, -0.2) is 4.79 Å². The molecule has 0 radical (unpaired) electrons. The topological polar surface area (TPSA) is 73.2 Å². The van der Waals surface area contributed by atoms with E-state index in [1.54, 1.807) is 12.1 Å². The molecule has 3 aromatic rings. The Balaban J connectivity index is 1.13. The van der Waals surface area contributed by atoms with Crippen LogP contribution in [0.4, 0.5) is 0 Å². The molecule has 5 rings (SSSR count). The third kappa shape index (κ3) is 6.64. The van der Waals surface area contributed by atoms with Gasteiger partial charge >= 0.3 is 5.97 Å². The molecule has 0 bridgehead atoms. The summed E-state index contributed by atoms with van der Waals surface area (Å²) in [5.74, 6) is 0.0597. The van der Waals surface area contributed by atoms with E-state index in [0.717, 1.165) is 24.2 Å². The first kappa shape index (κ1) is 28.5. The predicted octanol–water partition coefficient (Wildman–Crippen LogP) is 5.69. The van der Waals surface area contributed by atoms with Crippen molar-refractivity contribution < 1.29 is 19.7 Å². The molecular formula is C34H42N2O4. The number of rotatable bonds is 8. The minimum atomic E-state index is -0.819. The second kappa shape index (κ2) is 12.6. The molecule has 0 aromatic heterocycles. The first-order valence-electron chi connectivity index (χ1n) is 14.7. The Morgan fingerprint density at radius 1 is 0.950 bits per heavy atom. The molecule has 0 saturated carbocycles. The van der Waals surface area contributed by atoms with E-state index < -0.39 is 17.7 Å². The Morgan fingerprint density at radius 3 is 2.27 bits per heavy atom. The number of carbonyl (C=O) groups excluding carboxylic acids is 1.